The maximum Gasteiger partial charge on any atom is 0.231 e. The molecule has 0 fully saturated rings. The minimum atomic E-state index is -0.183. The quantitative estimate of drug-likeness (QED) is 0.672. The molecule has 1 aliphatic rings. The molecule has 3 rings (SSSR count). The Balaban J connectivity index is 1.98. The van der Waals surface area contributed by atoms with Crippen molar-refractivity contribution < 1.29 is 9.47 Å². The van der Waals surface area contributed by atoms with Crippen LogP contribution in [0.15, 0.2) is 17.2 Å². The van der Waals surface area contributed by atoms with E-state index in [0.717, 1.165) is 11.4 Å². The third-order valence-electron chi connectivity index (χ3n) is 3.09. The number of hydrogen-bond acceptors (Lipinski definition) is 5. The first kappa shape index (κ1) is 15.1. The van der Waals surface area contributed by atoms with Gasteiger partial charge in [0.25, 0.3) is 0 Å². The highest BCUT2D eigenvalue weighted by Crippen LogP contribution is 2.39. The second-order valence-electron chi connectivity index (χ2n) is 5.90. The smallest absolute Gasteiger partial charge is 0.231 e. The molecule has 22 heavy (non-hydrogen) atoms. The van der Waals surface area contributed by atoms with Gasteiger partial charge in [-0.05, 0) is 29.9 Å². The van der Waals surface area contributed by atoms with Crippen molar-refractivity contribution in [2.24, 2.45) is 5.10 Å². The van der Waals surface area contributed by atoms with Gasteiger partial charge in [-0.2, -0.15) is 14.9 Å². The number of nitrogens with one attached hydrogen (secondary N) is 1. The van der Waals surface area contributed by atoms with Crippen molar-refractivity contribution in [2.45, 2.75) is 26.2 Å². The highest BCUT2D eigenvalue weighted by atomic mass is 35.5. The molecule has 8 heteroatoms. The Kier molecular flexibility index (Phi) is 3.70. The van der Waals surface area contributed by atoms with Crippen LogP contribution in [0.1, 0.15) is 32.2 Å². The minimum Gasteiger partial charge on any atom is -0.454 e. The van der Waals surface area contributed by atoms with Crippen LogP contribution in [0.2, 0.25) is 5.02 Å². The number of rotatable bonds is 2. The average Bonchev–Trinajstić information content (AvgIpc) is 3.02. The average molecular weight is 339 g/mol. The number of benzene rings is 1. The van der Waals surface area contributed by atoms with E-state index in [1.54, 1.807) is 17.0 Å². The summed E-state index contributed by atoms with van der Waals surface area (Å²) in [5.41, 5.74) is 0.606. The molecule has 0 aliphatic carbocycles. The van der Waals surface area contributed by atoms with Gasteiger partial charge < -0.3 is 9.47 Å². The summed E-state index contributed by atoms with van der Waals surface area (Å²) >= 11 is 11.4. The third-order valence-corrected chi connectivity index (χ3v) is 3.64. The molecular weight excluding hydrogens is 324 g/mol. The van der Waals surface area contributed by atoms with Gasteiger partial charge in [-0.3, -0.25) is 5.10 Å². The molecule has 1 aromatic carbocycles. The first-order valence-electron chi connectivity index (χ1n) is 6.67. The summed E-state index contributed by atoms with van der Waals surface area (Å²) in [5.74, 6) is 1.93. The molecule has 0 unspecified atom stereocenters. The van der Waals surface area contributed by atoms with Crippen LogP contribution in [0.5, 0.6) is 11.5 Å². The van der Waals surface area contributed by atoms with Crippen molar-refractivity contribution in [3.05, 3.63) is 33.3 Å². The fraction of sp³-hybridized carbons (Fsp3) is 0.357. The SMILES string of the molecule is CC(C)(C)c1n[nH]c(=S)n1/N=C\c1cc(Cl)c2c(c1)OCO2. The predicted molar refractivity (Wildman–Crippen MR) is 86.7 cm³/mol. The van der Waals surface area contributed by atoms with E-state index < -0.39 is 0 Å². The normalized spacial score (nSPS) is 14.0. The summed E-state index contributed by atoms with van der Waals surface area (Å²) in [6.07, 6.45) is 1.66. The first-order chi connectivity index (χ1) is 10.4. The topological polar surface area (TPSA) is 64.4 Å². The van der Waals surface area contributed by atoms with E-state index in [4.69, 9.17) is 33.3 Å². The molecule has 0 saturated heterocycles. The number of hydrogen-bond donors (Lipinski definition) is 1. The van der Waals surface area contributed by atoms with E-state index >= 15 is 0 Å². The number of aromatic nitrogens is 3. The van der Waals surface area contributed by atoms with Gasteiger partial charge in [-0.25, -0.2) is 0 Å². The molecule has 0 radical (unpaired) electrons. The molecule has 1 N–H and O–H groups in total. The number of H-pyrrole nitrogens is 1. The van der Waals surface area contributed by atoms with Gasteiger partial charge in [-0.1, -0.05) is 32.4 Å². The van der Waals surface area contributed by atoms with Crippen LogP contribution in [-0.2, 0) is 5.41 Å². The zero-order valence-electron chi connectivity index (χ0n) is 12.4. The predicted octanol–water partition coefficient (Wildman–Crippen LogP) is 3.50. The molecule has 116 valence electrons. The van der Waals surface area contributed by atoms with E-state index in [0.29, 0.717) is 21.3 Å². The van der Waals surface area contributed by atoms with Crippen molar-refractivity contribution in [1.82, 2.24) is 14.9 Å². The third kappa shape index (κ3) is 2.74. The van der Waals surface area contributed by atoms with Gasteiger partial charge in [0.2, 0.25) is 11.6 Å². The summed E-state index contributed by atoms with van der Waals surface area (Å²) in [6.45, 7) is 6.31. The Morgan fingerprint density at radius 3 is 2.91 bits per heavy atom. The fourth-order valence-electron chi connectivity index (χ4n) is 2.07. The van der Waals surface area contributed by atoms with E-state index in [1.165, 1.54) is 0 Å². The van der Waals surface area contributed by atoms with Crippen molar-refractivity contribution in [3.8, 4) is 11.5 Å². The van der Waals surface area contributed by atoms with Crippen LogP contribution in [0.25, 0.3) is 0 Å². The highest BCUT2D eigenvalue weighted by molar-refractivity contribution is 7.71. The summed E-state index contributed by atoms with van der Waals surface area (Å²) < 4.78 is 12.7. The largest absolute Gasteiger partial charge is 0.454 e. The number of nitrogens with zero attached hydrogens (tertiary/aromatic N) is 3. The molecule has 0 bridgehead atoms. The number of halogens is 1. The molecule has 0 atom stereocenters. The van der Waals surface area contributed by atoms with Gasteiger partial charge >= 0.3 is 0 Å². The van der Waals surface area contributed by atoms with Crippen molar-refractivity contribution in [3.63, 3.8) is 0 Å². The Hall–Kier alpha value is -1.86. The maximum absolute atomic E-state index is 6.16. The van der Waals surface area contributed by atoms with Crippen LogP contribution < -0.4 is 9.47 Å². The molecule has 0 spiro atoms. The number of aromatic amines is 1. The lowest BCUT2D eigenvalue weighted by Crippen LogP contribution is -2.17. The first-order valence-corrected chi connectivity index (χ1v) is 7.46. The summed E-state index contributed by atoms with van der Waals surface area (Å²) in [5, 5.41) is 11.9. The second kappa shape index (κ2) is 5.40. The maximum atomic E-state index is 6.16. The fourth-order valence-corrected chi connectivity index (χ4v) is 2.52. The van der Waals surface area contributed by atoms with E-state index in [1.807, 2.05) is 26.8 Å². The molecule has 2 heterocycles. The lowest BCUT2D eigenvalue weighted by Gasteiger charge is -2.15. The molecule has 0 saturated carbocycles. The molecule has 6 nitrogen and oxygen atoms in total. The second-order valence-corrected chi connectivity index (χ2v) is 6.69. The van der Waals surface area contributed by atoms with Crippen LogP contribution in [-0.4, -0.2) is 27.9 Å². The van der Waals surface area contributed by atoms with Gasteiger partial charge in [0.1, 0.15) is 0 Å². The Morgan fingerprint density at radius 1 is 1.41 bits per heavy atom. The Morgan fingerprint density at radius 2 is 2.18 bits per heavy atom. The molecule has 1 aromatic heterocycles. The number of ether oxygens (including phenoxy) is 2. The lowest BCUT2D eigenvalue weighted by atomic mass is 9.96. The van der Waals surface area contributed by atoms with Crippen LogP contribution in [0.3, 0.4) is 0 Å². The summed E-state index contributed by atoms with van der Waals surface area (Å²) in [4.78, 5) is 0. The van der Waals surface area contributed by atoms with E-state index in [2.05, 4.69) is 15.3 Å². The molecular formula is C14H15ClN4O2S. The zero-order chi connectivity index (χ0) is 15.9. The van der Waals surface area contributed by atoms with Crippen LogP contribution >= 0.6 is 23.8 Å². The standard InChI is InChI=1S/C14H15ClN4O2S/c1-14(2,3)12-17-18-13(22)19(12)16-6-8-4-9(15)11-10(5-8)20-7-21-11/h4-6H,7H2,1-3H3,(H,18,22)/b16-6-. The van der Waals surface area contributed by atoms with Gasteiger partial charge in [0.05, 0.1) is 11.2 Å². The molecule has 0 amide bonds. The van der Waals surface area contributed by atoms with Crippen molar-refractivity contribution in [1.29, 1.82) is 0 Å². The molecule has 1 aliphatic heterocycles. The van der Waals surface area contributed by atoms with Crippen LogP contribution in [0.4, 0.5) is 0 Å². The summed E-state index contributed by atoms with van der Waals surface area (Å²) in [6, 6.07) is 3.58. The van der Waals surface area contributed by atoms with E-state index in [-0.39, 0.29) is 12.2 Å². The Bertz CT molecular complexity index is 804. The van der Waals surface area contributed by atoms with Crippen molar-refractivity contribution in [2.75, 3.05) is 6.79 Å². The summed E-state index contributed by atoms with van der Waals surface area (Å²) in [7, 11) is 0. The van der Waals surface area contributed by atoms with Gasteiger partial charge in [0, 0.05) is 5.41 Å². The molecule has 2 aromatic rings. The Labute approximate surface area is 137 Å². The van der Waals surface area contributed by atoms with Gasteiger partial charge in [0.15, 0.2) is 17.3 Å². The number of fused-ring (bicyclic) bond motifs is 1. The van der Waals surface area contributed by atoms with Crippen molar-refractivity contribution >= 4 is 30.0 Å². The lowest BCUT2D eigenvalue weighted by molar-refractivity contribution is 0.174. The van der Waals surface area contributed by atoms with E-state index in [9.17, 15) is 0 Å². The highest BCUT2D eigenvalue weighted by Gasteiger charge is 2.21. The zero-order valence-corrected chi connectivity index (χ0v) is 14.0. The van der Waals surface area contributed by atoms with Crippen LogP contribution in [0, 0.1) is 4.77 Å². The minimum absolute atomic E-state index is 0.177. The van der Waals surface area contributed by atoms with Gasteiger partial charge in [-0.15, -0.1) is 0 Å². The monoisotopic (exact) mass is 338 g/mol.